The fourth-order valence-corrected chi connectivity index (χ4v) is 2.45. The predicted octanol–water partition coefficient (Wildman–Crippen LogP) is 0.684. The van der Waals surface area contributed by atoms with Crippen molar-refractivity contribution in [1.82, 2.24) is 0 Å². The lowest BCUT2D eigenvalue weighted by molar-refractivity contribution is -0.378. The first-order valence-corrected chi connectivity index (χ1v) is 6.10. The van der Waals surface area contributed by atoms with Gasteiger partial charge in [-0.15, -0.1) is 0 Å². The van der Waals surface area contributed by atoms with Gasteiger partial charge < -0.3 is 19.3 Å². The topological polar surface area (TPSA) is 77.4 Å². The molecule has 2 aliphatic heterocycles. The number of fused-ring (bicyclic) bond motifs is 1. The number of carbonyl (C=O) groups is 1. The van der Waals surface area contributed by atoms with Crippen LogP contribution in [0.15, 0.2) is 4.99 Å². The first-order valence-electron chi connectivity index (χ1n) is 6.10. The van der Waals surface area contributed by atoms with Crippen LogP contribution in [0.1, 0.15) is 27.7 Å². The molecule has 5 unspecified atom stereocenters. The van der Waals surface area contributed by atoms with Crippen LogP contribution in [0.25, 0.3) is 0 Å². The van der Waals surface area contributed by atoms with Crippen LogP contribution >= 0.6 is 0 Å². The molecular weight excluding hydrogens is 238 g/mol. The van der Waals surface area contributed by atoms with Crippen LogP contribution in [0.4, 0.5) is 0 Å². The molecular formula is C12H19NO5. The summed E-state index contributed by atoms with van der Waals surface area (Å²) in [6.07, 6.45) is -0.397. The van der Waals surface area contributed by atoms with E-state index in [1.807, 2.05) is 13.8 Å². The molecule has 0 spiro atoms. The second-order valence-corrected chi connectivity index (χ2v) is 5.00. The molecule has 18 heavy (non-hydrogen) atoms. The van der Waals surface area contributed by atoms with E-state index in [0.717, 1.165) is 0 Å². The molecule has 0 aromatic heterocycles. The Hall–Kier alpha value is -1.14. The highest BCUT2D eigenvalue weighted by Gasteiger charge is 2.56. The second-order valence-electron chi connectivity index (χ2n) is 5.00. The highest BCUT2D eigenvalue weighted by Crippen LogP contribution is 2.41. The maximum absolute atomic E-state index is 10.8. The molecule has 0 amide bonds. The highest BCUT2D eigenvalue weighted by atomic mass is 16.8. The molecule has 102 valence electrons. The molecule has 1 N–H and O–H groups in total. The molecule has 0 radical (unpaired) electrons. The van der Waals surface area contributed by atoms with Gasteiger partial charge in [0.15, 0.2) is 11.9 Å². The van der Waals surface area contributed by atoms with E-state index in [1.165, 1.54) is 6.92 Å². The number of nitrogens with zero attached hydrogens (tertiary/aromatic N) is 1. The number of hydrogen-bond donors (Lipinski definition) is 1. The van der Waals surface area contributed by atoms with Crippen LogP contribution in [0.2, 0.25) is 0 Å². The van der Waals surface area contributed by atoms with Crippen molar-refractivity contribution in [1.29, 1.82) is 0 Å². The number of ether oxygens (including phenoxy) is 3. The van der Waals surface area contributed by atoms with Crippen LogP contribution in [0, 0.1) is 11.8 Å². The third-order valence-electron chi connectivity index (χ3n) is 3.67. The van der Waals surface area contributed by atoms with Crippen LogP contribution in [-0.2, 0) is 19.0 Å². The van der Waals surface area contributed by atoms with E-state index in [9.17, 15) is 9.90 Å². The van der Waals surface area contributed by atoms with E-state index in [0.29, 0.717) is 5.90 Å². The summed E-state index contributed by atoms with van der Waals surface area (Å²) in [6.45, 7) is 7.10. The van der Waals surface area contributed by atoms with Gasteiger partial charge in [-0.05, 0) is 11.8 Å². The van der Waals surface area contributed by atoms with Crippen molar-refractivity contribution >= 4 is 11.9 Å². The number of rotatable bonds is 2. The summed E-state index contributed by atoms with van der Waals surface area (Å²) in [7, 11) is 0. The molecule has 6 heteroatoms. The summed E-state index contributed by atoms with van der Waals surface area (Å²) in [5.41, 5.74) is 0. The van der Waals surface area contributed by atoms with Gasteiger partial charge in [0.25, 0.3) is 0 Å². The standard InChI is InChI=1S/C12H19NO5/c1-6-7(2)11-12(15,17-8(3)13-11)18-10(6)5-16-9(4)14/h6-7,10-11,15H,5H2,1-4H3. The largest absolute Gasteiger partial charge is 0.463 e. The molecule has 5 atom stereocenters. The van der Waals surface area contributed by atoms with Gasteiger partial charge in [0.2, 0.25) is 0 Å². The third-order valence-corrected chi connectivity index (χ3v) is 3.67. The van der Waals surface area contributed by atoms with E-state index < -0.39 is 18.1 Å². The van der Waals surface area contributed by atoms with Gasteiger partial charge in [0.05, 0.1) is 0 Å². The molecule has 0 bridgehead atoms. The van der Waals surface area contributed by atoms with Gasteiger partial charge >= 0.3 is 11.9 Å². The Labute approximate surface area is 106 Å². The first kappa shape index (κ1) is 13.3. The maximum Gasteiger partial charge on any atom is 0.349 e. The summed E-state index contributed by atoms with van der Waals surface area (Å²) in [5, 5.41) is 10.3. The minimum Gasteiger partial charge on any atom is -0.463 e. The summed E-state index contributed by atoms with van der Waals surface area (Å²) in [6, 6.07) is -0.430. The number of aliphatic imine (C=N–C) groups is 1. The number of aliphatic hydroxyl groups is 1. The lowest BCUT2D eigenvalue weighted by Gasteiger charge is -2.43. The van der Waals surface area contributed by atoms with E-state index in [-0.39, 0.29) is 24.4 Å². The van der Waals surface area contributed by atoms with Gasteiger partial charge in [-0.1, -0.05) is 13.8 Å². The Morgan fingerprint density at radius 3 is 2.78 bits per heavy atom. The van der Waals surface area contributed by atoms with Gasteiger partial charge in [0.1, 0.15) is 12.7 Å². The minimum absolute atomic E-state index is 0.0711. The van der Waals surface area contributed by atoms with Crippen molar-refractivity contribution in [3.63, 3.8) is 0 Å². The average molecular weight is 257 g/mol. The van der Waals surface area contributed by atoms with Gasteiger partial charge in [-0.3, -0.25) is 4.79 Å². The van der Waals surface area contributed by atoms with Gasteiger partial charge in [-0.25, -0.2) is 4.99 Å². The fraction of sp³-hybridized carbons (Fsp3) is 0.833. The zero-order valence-corrected chi connectivity index (χ0v) is 11.0. The van der Waals surface area contributed by atoms with E-state index in [4.69, 9.17) is 14.2 Å². The molecule has 2 heterocycles. The molecule has 0 aromatic carbocycles. The van der Waals surface area contributed by atoms with Crippen molar-refractivity contribution in [2.45, 2.75) is 45.8 Å². The fourth-order valence-electron chi connectivity index (χ4n) is 2.45. The van der Waals surface area contributed by atoms with E-state index in [2.05, 4.69) is 4.99 Å². The summed E-state index contributed by atoms with van der Waals surface area (Å²) in [5.74, 6) is -1.50. The zero-order valence-electron chi connectivity index (χ0n) is 11.0. The SMILES string of the molecule is CC(=O)OCC1OC2(O)OC(C)=NC2C(C)C1C. The monoisotopic (exact) mass is 257 g/mol. The third kappa shape index (κ3) is 2.22. The van der Waals surface area contributed by atoms with Crippen molar-refractivity contribution in [2.75, 3.05) is 6.61 Å². The molecule has 0 aliphatic carbocycles. The number of hydrogen-bond acceptors (Lipinski definition) is 6. The summed E-state index contributed by atoms with van der Waals surface area (Å²) < 4.78 is 15.7. The Bertz CT molecular complexity index is 383. The molecule has 1 fully saturated rings. The van der Waals surface area contributed by atoms with Crippen molar-refractivity contribution in [2.24, 2.45) is 16.8 Å². The summed E-state index contributed by atoms with van der Waals surface area (Å²) in [4.78, 5) is 15.1. The minimum atomic E-state index is -1.72. The van der Waals surface area contributed by atoms with Crippen molar-refractivity contribution < 1.29 is 24.1 Å². The smallest absolute Gasteiger partial charge is 0.349 e. The first-order chi connectivity index (χ1) is 8.33. The van der Waals surface area contributed by atoms with Crippen LogP contribution in [-0.4, -0.2) is 41.7 Å². The second kappa shape index (κ2) is 4.51. The molecule has 2 aliphatic rings. The van der Waals surface area contributed by atoms with E-state index >= 15 is 0 Å². The Kier molecular flexibility index (Phi) is 3.33. The van der Waals surface area contributed by atoms with Crippen LogP contribution in [0.3, 0.4) is 0 Å². The average Bonchev–Trinajstić information content (AvgIpc) is 2.57. The molecule has 2 rings (SSSR count). The quantitative estimate of drug-likeness (QED) is 0.736. The van der Waals surface area contributed by atoms with Crippen LogP contribution in [0.5, 0.6) is 0 Å². The predicted molar refractivity (Wildman–Crippen MR) is 62.8 cm³/mol. The lowest BCUT2D eigenvalue weighted by Crippen LogP contribution is -2.57. The Balaban J connectivity index is 2.11. The lowest BCUT2D eigenvalue weighted by atomic mass is 9.82. The van der Waals surface area contributed by atoms with Crippen LogP contribution < -0.4 is 0 Å². The van der Waals surface area contributed by atoms with Crippen molar-refractivity contribution in [3.05, 3.63) is 0 Å². The molecule has 1 saturated heterocycles. The normalized spacial score (nSPS) is 42.8. The van der Waals surface area contributed by atoms with Gasteiger partial charge in [0, 0.05) is 13.8 Å². The van der Waals surface area contributed by atoms with Gasteiger partial charge in [-0.2, -0.15) is 0 Å². The summed E-state index contributed by atoms with van der Waals surface area (Å²) >= 11 is 0. The maximum atomic E-state index is 10.8. The highest BCUT2D eigenvalue weighted by molar-refractivity contribution is 5.75. The number of esters is 1. The molecule has 6 nitrogen and oxygen atoms in total. The number of carbonyl (C=O) groups excluding carboxylic acids is 1. The van der Waals surface area contributed by atoms with Crippen molar-refractivity contribution in [3.8, 4) is 0 Å². The Morgan fingerprint density at radius 1 is 1.50 bits per heavy atom. The van der Waals surface area contributed by atoms with E-state index in [1.54, 1.807) is 6.92 Å². The molecule has 0 saturated carbocycles. The molecule has 0 aromatic rings. The zero-order chi connectivity index (χ0) is 13.5. The Morgan fingerprint density at radius 2 is 2.17 bits per heavy atom.